The second-order valence-corrected chi connectivity index (χ2v) is 4.80. The fraction of sp³-hybridized carbons (Fsp3) is 0.500. The maximum absolute atomic E-state index is 11.1. The Kier molecular flexibility index (Phi) is 4.70. The molecular formula is C14H21NO2. The van der Waals surface area contributed by atoms with E-state index in [0.717, 1.165) is 5.56 Å². The minimum Gasteiger partial charge on any atom is -0.480 e. The van der Waals surface area contributed by atoms with Gasteiger partial charge in [0.1, 0.15) is 6.04 Å². The van der Waals surface area contributed by atoms with Gasteiger partial charge in [-0.3, -0.25) is 10.1 Å². The summed E-state index contributed by atoms with van der Waals surface area (Å²) in [5.74, 6) is -0.723. The number of carboxylic acid groups (broad SMARTS) is 1. The second kappa shape index (κ2) is 5.82. The van der Waals surface area contributed by atoms with Crippen LogP contribution in [0.1, 0.15) is 37.9 Å². The van der Waals surface area contributed by atoms with Crippen LogP contribution in [0.4, 0.5) is 0 Å². The van der Waals surface area contributed by atoms with Crippen LogP contribution in [0.25, 0.3) is 0 Å². The molecule has 0 saturated carbocycles. The van der Waals surface area contributed by atoms with Crippen molar-refractivity contribution >= 4 is 5.97 Å². The van der Waals surface area contributed by atoms with E-state index in [-0.39, 0.29) is 12.0 Å². The van der Waals surface area contributed by atoms with Crippen LogP contribution in [-0.2, 0) is 4.79 Å². The smallest absolute Gasteiger partial charge is 0.320 e. The van der Waals surface area contributed by atoms with Crippen molar-refractivity contribution in [1.82, 2.24) is 5.32 Å². The number of hydrogen-bond acceptors (Lipinski definition) is 2. The highest BCUT2D eigenvalue weighted by molar-refractivity contribution is 5.73. The Morgan fingerprint density at radius 2 is 1.82 bits per heavy atom. The molecule has 1 aromatic rings. The Morgan fingerprint density at radius 3 is 2.29 bits per heavy atom. The Labute approximate surface area is 103 Å². The third-order valence-electron chi connectivity index (χ3n) is 3.02. The second-order valence-electron chi connectivity index (χ2n) is 4.80. The van der Waals surface area contributed by atoms with Gasteiger partial charge in [-0.1, -0.05) is 38.1 Å². The van der Waals surface area contributed by atoms with Crippen LogP contribution in [0.3, 0.4) is 0 Å². The molecule has 1 rings (SSSR count). The van der Waals surface area contributed by atoms with Crippen molar-refractivity contribution in [2.45, 2.75) is 39.8 Å². The molecule has 0 radical (unpaired) electrons. The van der Waals surface area contributed by atoms with E-state index in [9.17, 15) is 4.79 Å². The molecule has 0 amide bonds. The summed E-state index contributed by atoms with van der Waals surface area (Å²) in [5, 5.41) is 12.3. The van der Waals surface area contributed by atoms with Crippen LogP contribution in [0.5, 0.6) is 0 Å². The highest BCUT2D eigenvalue weighted by Gasteiger charge is 2.23. The Bertz CT molecular complexity index is 388. The number of aliphatic carboxylic acids is 1. The lowest BCUT2D eigenvalue weighted by Crippen LogP contribution is -2.42. The van der Waals surface area contributed by atoms with E-state index in [0.29, 0.717) is 0 Å². The number of carboxylic acids is 1. The molecule has 2 N–H and O–H groups in total. The van der Waals surface area contributed by atoms with E-state index >= 15 is 0 Å². The van der Waals surface area contributed by atoms with Gasteiger partial charge < -0.3 is 5.11 Å². The van der Waals surface area contributed by atoms with E-state index < -0.39 is 12.0 Å². The lowest BCUT2D eigenvalue weighted by atomic mass is 9.99. The van der Waals surface area contributed by atoms with Crippen LogP contribution in [-0.4, -0.2) is 17.1 Å². The van der Waals surface area contributed by atoms with Crippen molar-refractivity contribution in [3.8, 4) is 0 Å². The Hall–Kier alpha value is -1.35. The van der Waals surface area contributed by atoms with Gasteiger partial charge in [-0.15, -0.1) is 0 Å². The van der Waals surface area contributed by atoms with Gasteiger partial charge in [0, 0.05) is 6.04 Å². The quantitative estimate of drug-likeness (QED) is 0.825. The average molecular weight is 235 g/mol. The first-order chi connectivity index (χ1) is 7.93. The molecule has 2 atom stereocenters. The minimum atomic E-state index is -0.791. The van der Waals surface area contributed by atoms with E-state index in [4.69, 9.17) is 5.11 Å². The molecule has 0 fully saturated rings. The first-order valence-corrected chi connectivity index (χ1v) is 5.98. The molecule has 0 aliphatic heterocycles. The highest BCUT2D eigenvalue weighted by atomic mass is 16.4. The predicted octanol–water partition coefficient (Wildman–Crippen LogP) is 2.75. The summed E-state index contributed by atoms with van der Waals surface area (Å²) >= 11 is 0. The Balaban J connectivity index is 2.81. The van der Waals surface area contributed by atoms with Crippen LogP contribution < -0.4 is 5.32 Å². The van der Waals surface area contributed by atoms with Crippen molar-refractivity contribution in [2.75, 3.05) is 0 Å². The van der Waals surface area contributed by atoms with Crippen molar-refractivity contribution in [2.24, 2.45) is 5.92 Å². The monoisotopic (exact) mass is 235 g/mol. The van der Waals surface area contributed by atoms with E-state index in [2.05, 4.69) is 5.32 Å². The molecule has 0 bridgehead atoms. The first-order valence-electron chi connectivity index (χ1n) is 5.98. The van der Waals surface area contributed by atoms with Crippen molar-refractivity contribution < 1.29 is 9.90 Å². The number of benzene rings is 1. The van der Waals surface area contributed by atoms with Gasteiger partial charge in [-0.2, -0.15) is 0 Å². The van der Waals surface area contributed by atoms with Crippen molar-refractivity contribution in [3.05, 3.63) is 35.4 Å². The molecule has 0 heterocycles. The zero-order valence-corrected chi connectivity index (χ0v) is 10.9. The molecular weight excluding hydrogens is 214 g/mol. The molecule has 0 saturated heterocycles. The molecule has 3 heteroatoms. The van der Waals surface area contributed by atoms with Gasteiger partial charge in [0.25, 0.3) is 0 Å². The number of hydrogen-bond donors (Lipinski definition) is 2. The lowest BCUT2D eigenvalue weighted by molar-refractivity contribution is -0.140. The largest absolute Gasteiger partial charge is 0.480 e. The predicted molar refractivity (Wildman–Crippen MR) is 69.0 cm³/mol. The minimum absolute atomic E-state index is 0.0414. The molecule has 3 nitrogen and oxygen atoms in total. The number of carbonyl (C=O) groups is 1. The number of rotatable bonds is 5. The van der Waals surface area contributed by atoms with Gasteiger partial charge in [0.05, 0.1) is 0 Å². The van der Waals surface area contributed by atoms with Crippen molar-refractivity contribution in [1.29, 1.82) is 0 Å². The maximum Gasteiger partial charge on any atom is 0.320 e. The molecule has 0 aliphatic carbocycles. The first kappa shape index (κ1) is 13.7. The normalized spacial score (nSPS) is 14.6. The fourth-order valence-corrected chi connectivity index (χ4v) is 1.98. The van der Waals surface area contributed by atoms with Gasteiger partial charge in [-0.25, -0.2) is 0 Å². The van der Waals surface area contributed by atoms with Gasteiger partial charge in [0.2, 0.25) is 0 Å². The number of nitrogens with one attached hydrogen (secondary N) is 1. The summed E-state index contributed by atoms with van der Waals surface area (Å²) < 4.78 is 0. The maximum atomic E-state index is 11.1. The summed E-state index contributed by atoms with van der Waals surface area (Å²) in [6.07, 6.45) is 0. The third-order valence-corrected chi connectivity index (χ3v) is 3.02. The summed E-state index contributed by atoms with van der Waals surface area (Å²) in [4.78, 5) is 11.1. The molecule has 1 aromatic carbocycles. The standard InChI is InChI=1S/C14H21NO2/c1-9(2)13(14(16)17)15-11(4)12-8-6-5-7-10(12)3/h5-9,11,13,15H,1-4H3,(H,16,17). The molecule has 0 spiro atoms. The summed E-state index contributed by atoms with van der Waals surface area (Å²) in [5.41, 5.74) is 2.33. The van der Waals surface area contributed by atoms with Crippen LogP contribution in [0.15, 0.2) is 24.3 Å². The summed E-state index contributed by atoms with van der Waals surface area (Å²) in [7, 11) is 0. The van der Waals surface area contributed by atoms with Gasteiger partial charge >= 0.3 is 5.97 Å². The van der Waals surface area contributed by atoms with Crippen molar-refractivity contribution in [3.63, 3.8) is 0 Å². The topological polar surface area (TPSA) is 49.3 Å². The molecule has 2 unspecified atom stereocenters. The Morgan fingerprint density at radius 1 is 1.24 bits per heavy atom. The van der Waals surface area contributed by atoms with Crippen LogP contribution >= 0.6 is 0 Å². The highest BCUT2D eigenvalue weighted by Crippen LogP contribution is 2.18. The van der Waals surface area contributed by atoms with E-state index in [1.54, 1.807) is 0 Å². The van der Waals surface area contributed by atoms with E-state index in [1.165, 1.54) is 5.56 Å². The van der Waals surface area contributed by atoms with Crippen LogP contribution in [0.2, 0.25) is 0 Å². The van der Waals surface area contributed by atoms with Gasteiger partial charge in [0.15, 0.2) is 0 Å². The van der Waals surface area contributed by atoms with Crippen LogP contribution in [0, 0.1) is 12.8 Å². The van der Waals surface area contributed by atoms with E-state index in [1.807, 2.05) is 52.0 Å². The molecule has 94 valence electrons. The average Bonchev–Trinajstić information content (AvgIpc) is 2.25. The molecule has 0 aliphatic rings. The zero-order valence-electron chi connectivity index (χ0n) is 10.9. The SMILES string of the molecule is Cc1ccccc1C(C)NC(C(=O)O)C(C)C. The molecule has 0 aromatic heterocycles. The third kappa shape index (κ3) is 3.56. The molecule has 17 heavy (non-hydrogen) atoms. The summed E-state index contributed by atoms with van der Waals surface area (Å²) in [6, 6.07) is 7.57. The van der Waals surface area contributed by atoms with Gasteiger partial charge in [-0.05, 0) is 30.9 Å². The summed E-state index contributed by atoms with van der Waals surface area (Å²) in [6.45, 7) is 7.87. The lowest BCUT2D eigenvalue weighted by Gasteiger charge is -2.24. The zero-order chi connectivity index (χ0) is 13.0. The fourth-order valence-electron chi connectivity index (χ4n) is 1.98. The number of aryl methyl sites for hydroxylation is 1.